The molecule has 28 heavy (non-hydrogen) atoms. The summed E-state index contributed by atoms with van der Waals surface area (Å²) in [4.78, 5) is 25.0. The monoisotopic (exact) mass is 377 g/mol. The Kier molecular flexibility index (Phi) is 5.59. The second-order valence-electron chi connectivity index (χ2n) is 6.71. The fourth-order valence-electron chi connectivity index (χ4n) is 2.92. The molecular weight excluding hydrogens is 354 g/mol. The fourth-order valence-corrected chi connectivity index (χ4v) is 2.92. The van der Waals surface area contributed by atoms with Crippen LogP contribution in [0, 0.1) is 13.8 Å². The summed E-state index contributed by atoms with van der Waals surface area (Å²) >= 11 is 0. The van der Waals surface area contributed by atoms with Crippen LogP contribution in [0.5, 0.6) is 5.75 Å². The zero-order valence-electron chi connectivity index (χ0n) is 16.4. The van der Waals surface area contributed by atoms with E-state index in [0.29, 0.717) is 5.69 Å². The molecule has 1 amide bonds. The van der Waals surface area contributed by atoms with Gasteiger partial charge in [0.25, 0.3) is 5.56 Å². The minimum atomic E-state index is -0.758. The molecule has 1 aromatic heterocycles. The van der Waals surface area contributed by atoms with Gasteiger partial charge in [-0.05, 0) is 62.7 Å². The normalized spacial score (nSPS) is 11.7. The van der Waals surface area contributed by atoms with E-state index in [1.165, 1.54) is 10.7 Å². The van der Waals surface area contributed by atoms with Crippen LogP contribution >= 0.6 is 0 Å². The number of carbonyl (C=O) groups is 1. The summed E-state index contributed by atoms with van der Waals surface area (Å²) in [6, 6.07) is 15.5. The Balaban J connectivity index is 1.86. The molecule has 0 fully saturated rings. The lowest BCUT2D eigenvalue weighted by Crippen LogP contribution is -2.33. The van der Waals surface area contributed by atoms with Gasteiger partial charge in [-0.25, -0.2) is 4.68 Å². The second-order valence-corrected chi connectivity index (χ2v) is 6.71. The van der Waals surface area contributed by atoms with Gasteiger partial charge in [0.2, 0.25) is 5.91 Å². The molecule has 0 spiro atoms. The maximum atomic E-state index is 12.7. The third-order valence-corrected chi connectivity index (χ3v) is 4.60. The molecule has 0 saturated heterocycles. The molecule has 6 heteroatoms. The number of carbonyl (C=O) groups excluding carboxylic acids is 1. The van der Waals surface area contributed by atoms with Gasteiger partial charge in [-0.1, -0.05) is 17.7 Å². The molecule has 3 rings (SSSR count). The predicted octanol–water partition coefficient (Wildman–Crippen LogP) is 3.74. The van der Waals surface area contributed by atoms with Gasteiger partial charge in [0.15, 0.2) is 0 Å². The third-order valence-electron chi connectivity index (χ3n) is 4.60. The number of hydrogen-bond acceptors (Lipinski definition) is 4. The summed E-state index contributed by atoms with van der Waals surface area (Å²) in [6.07, 6.45) is 0. The molecule has 1 N–H and O–H groups in total. The Morgan fingerprint density at radius 1 is 1.07 bits per heavy atom. The summed E-state index contributed by atoms with van der Waals surface area (Å²) < 4.78 is 6.37. The number of hydrogen-bond donors (Lipinski definition) is 1. The van der Waals surface area contributed by atoms with Gasteiger partial charge in [-0.3, -0.25) is 9.59 Å². The summed E-state index contributed by atoms with van der Waals surface area (Å²) in [5.74, 6) is 0.437. The van der Waals surface area contributed by atoms with Crippen molar-refractivity contribution >= 4 is 11.6 Å². The topological polar surface area (TPSA) is 73.2 Å². The van der Waals surface area contributed by atoms with Crippen LogP contribution < -0.4 is 15.6 Å². The Labute approximate surface area is 163 Å². The molecular formula is C22H23N3O3. The number of aryl methyl sites for hydroxylation is 2. The van der Waals surface area contributed by atoms with Crippen molar-refractivity contribution in [3.63, 3.8) is 0 Å². The highest BCUT2D eigenvalue weighted by Crippen LogP contribution is 2.21. The molecule has 3 aromatic rings. The Hall–Kier alpha value is -3.41. The summed E-state index contributed by atoms with van der Waals surface area (Å²) in [5.41, 5.74) is 3.91. The quantitative estimate of drug-likeness (QED) is 0.735. The van der Waals surface area contributed by atoms with Crippen LogP contribution in [0.4, 0.5) is 5.69 Å². The predicted molar refractivity (Wildman–Crippen MR) is 110 cm³/mol. The highest BCUT2D eigenvalue weighted by Gasteiger charge is 2.19. The van der Waals surface area contributed by atoms with Gasteiger partial charge in [-0.15, -0.1) is 0 Å². The first-order chi connectivity index (χ1) is 13.4. The summed E-state index contributed by atoms with van der Waals surface area (Å²) in [7, 11) is 1.60. The van der Waals surface area contributed by atoms with Crippen molar-refractivity contribution in [3.05, 3.63) is 76.1 Å². The number of nitrogens with one attached hydrogen (secondary N) is 1. The van der Waals surface area contributed by atoms with E-state index in [2.05, 4.69) is 10.4 Å². The molecule has 1 atom stereocenters. The maximum Gasteiger partial charge on any atom is 0.267 e. The van der Waals surface area contributed by atoms with Gasteiger partial charge in [0.05, 0.1) is 12.8 Å². The molecule has 0 aliphatic heterocycles. The van der Waals surface area contributed by atoms with Crippen LogP contribution in [0.15, 0.2) is 59.4 Å². The number of anilines is 1. The first-order valence-electron chi connectivity index (χ1n) is 9.01. The van der Waals surface area contributed by atoms with Crippen molar-refractivity contribution in [3.8, 4) is 17.0 Å². The Morgan fingerprint density at radius 3 is 2.43 bits per heavy atom. The van der Waals surface area contributed by atoms with Crippen LogP contribution in [0.2, 0.25) is 0 Å². The molecule has 144 valence electrons. The van der Waals surface area contributed by atoms with Gasteiger partial charge >= 0.3 is 0 Å². The lowest BCUT2D eigenvalue weighted by atomic mass is 10.1. The average molecular weight is 377 g/mol. The second kappa shape index (κ2) is 8.08. The number of benzene rings is 2. The van der Waals surface area contributed by atoms with Crippen molar-refractivity contribution in [1.29, 1.82) is 0 Å². The van der Waals surface area contributed by atoms with Gasteiger partial charge in [0, 0.05) is 17.3 Å². The van der Waals surface area contributed by atoms with Crippen molar-refractivity contribution in [1.82, 2.24) is 9.78 Å². The van der Waals surface area contributed by atoms with E-state index in [4.69, 9.17) is 4.74 Å². The van der Waals surface area contributed by atoms with E-state index in [9.17, 15) is 9.59 Å². The van der Waals surface area contributed by atoms with E-state index < -0.39 is 6.04 Å². The third kappa shape index (κ3) is 4.11. The summed E-state index contributed by atoms with van der Waals surface area (Å²) in [5, 5.41) is 7.28. The number of rotatable bonds is 5. The lowest BCUT2D eigenvalue weighted by Gasteiger charge is -2.16. The largest absolute Gasteiger partial charge is 0.497 e. The van der Waals surface area contributed by atoms with E-state index in [1.807, 2.05) is 56.3 Å². The zero-order chi connectivity index (χ0) is 20.3. The van der Waals surface area contributed by atoms with Crippen LogP contribution in [0.3, 0.4) is 0 Å². The molecule has 0 radical (unpaired) electrons. The number of methoxy groups -OCH3 is 1. The standard InChI is InChI=1S/C22H23N3O3/c1-14-5-10-19(15(2)13-14)23-22(27)16(3)25-21(26)12-11-20(24-25)17-6-8-18(28-4)9-7-17/h5-13,16H,1-4H3,(H,23,27). The number of amides is 1. The van der Waals surface area contributed by atoms with Gasteiger partial charge in [0.1, 0.15) is 11.8 Å². The zero-order valence-corrected chi connectivity index (χ0v) is 16.4. The van der Waals surface area contributed by atoms with E-state index in [1.54, 1.807) is 20.1 Å². The van der Waals surface area contributed by atoms with Crippen LogP contribution in [0.25, 0.3) is 11.3 Å². The molecule has 0 aliphatic rings. The Bertz CT molecular complexity index is 1060. The first-order valence-corrected chi connectivity index (χ1v) is 9.01. The van der Waals surface area contributed by atoms with Crippen molar-refractivity contribution < 1.29 is 9.53 Å². The first kappa shape index (κ1) is 19.4. The fraction of sp³-hybridized carbons (Fsp3) is 0.227. The minimum Gasteiger partial charge on any atom is -0.497 e. The van der Waals surface area contributed by atoms with Crippen LogP contribution in [-0.2, 0) is 4.79 Å². The molecule has 6 nitrogen and oxygen atoms in total. The maximum absolute atomic E-state index is 12.7. The Morgan fingerprint density at radius 2 is 1.79 bits per heavy atom. The van der Waals surface area contributed by atoms with Crippen LogP contribution in [0.1, 0.15) is 24.1 Å². The molecule has 0 bridgehead atoms. The van der Waals surface area contributed by atoms with Crippen LogP contribution in [-0.4, -0.2) is 22.8 Å². The SMILES string of the molecule is COc1ccc(-c2ccc(=O)n(C(C)C(=O)Nc3ccc(C)cc3C)n2)cc1. The molecule has 2 aromatic carbocycles. The minimum absolute atomic E-state index is 0.298. The van der Waals surface area contributed by atoms with Crippen molar-refractivity contribution in [2.45, 2.75) is 26.8 Å². The number of ether oxygens (including phenoxy) is 1. The van der Waals surface area contributed by atoms with Gasteiger partial charge < -0.3 is 10.1 Å². The average Bonchev–Trinajstić information content (AvgIpc) is 2.70. The van der Waals surface area contributed by atoms with Crippen molar-refractivity contribution in [2.24, 2.45) is 0 Å². The molecule has 0 aliphatic carbocycles. The lowest BCUT2D eigenvalue weighted by molar-refractivity contribution is -0.119. The molecule has 1 heterocycles. The van der Waals surface area contributed by atoms with E-state index >= 15 is 0 Å². The van der Waals surface area contributed by atoms with Gasteiger partial charge in [-0.2, -0.15) is 5.10 Å². The highest BCUT2D eigenvalue weighted by atomic mass is 16.5. The number of aromatic nitrogens is 2. The highest BCUT2D eigenvalue weighted by molar-refractivity contribution is 5.94. The van der Waals surface area contributed by atoms with E-state index in [0.717, 1.165) is 28.1 Å². The van der Waals surface area contributed by atoms with E-state index in [-0.39, 0.29) is 11.5 Å². The van der Waals surface area contributed by atoms with Crippen molar-refractivity contribution in [2.75, 3.05) is 12.4 Å². The molecule has 0 saturated carbocycles. The molecule has 1 unspecified atom stereocenters. The smallest absolute Gasteiger partial charge is 0.267 e. The summed E-state index contributed by atoms with van der Waals surface area (Å²) in [6.45, 7) is 5.59. The number of nitrogens with zero attached hydrogens (tertiary/aromatic N) is 2.